The number of benzene rings is 1. The molecule has 1 aromatic heterocycles. The zero-order valence-corrected chi connectivity index (χ0v) is 14.3. The molecule has 1 heterocycles. The maximum absolute atomic E-state index is 11.9. The SMILES string of the molecule is O=C(CNS(=O)(=O)c1ccc(Cl)s1)NCc1ccccc1Cl. The Labute approximate surface area is 142 Å². The predicted octanol–water partition coefficient (Wildman–Crippen LogP) is 2.65. The van der Waals surface area contributed by atoms with Crippen LogP contribution >= 0.6 is 34.5 Å². The molecule has 2 N–H and O–H groups in total. The van der Waals surface area contributed by atoms with E-state index in [0.717, 1.165) is 16.9 Å². The van der Waals surface area contributed by atoms with Gasteiger partial charge in [-0.2, -0.15) is 0 Å². The highest BCUT2D eigenvalue weighted by Gasteiger charge is 2.17. The summed E-state index contributed by atoms with van der Waals surface area (Å²) in [5, 5.41) is 3.13. The van der Waals surface area contributed by atoms with Crippen molar-refractivity contribution in [3.05, 3.63) is 51.3 Å². The van der Waals surface area contributed by atoms with E-state index < -0.39 is 15.9 Å². The van der Waals surface area contributed by atoms with Crippen molar-refractivity contribution in [1.29, 1.82) is 0 Å². The lowest BCUT2D eigenvalue weighted by atomic mass is 10.2. The number of carbonyl (C=O) groups excluding carboxylic acids is 1. The Morgan fingerprint density at radius 3 is 2.50 bits per heavy atom. The molecule has 0 radical (unpaired) electrons. The molecule has 0 saturated heterocycles. The summed E-state index contributed by atoms with van der Waals surface area (Å²) in [4.78, 5) is 11.7. The first-order valence-electron chi connectivity index (χ1n) is 6.13. The summed E-state index contributed by atoms with van der Waals surface area (Å²) in [6.07, 6.45) is 0. The average Bonchev–Trinajstić information content (AvgIpc) is 2.92. The lowest BCUT2D eigenvalue weighted by Crippen LogP contribution is -2.36. The van der Waals surface area contributed by atoms with Gasteiger partial charge in [0.25, 0.3) is 10.0 Å². The summed E-state index contributed by atoms with van der Waals surface area (Å²) in [6.45, 7) is -0.132. The third-order valence-electron chi connectivity index (χ3n) is 2.67. The minimum atomic E-state index is -3.73. The quantitative estimate of drug-likeness (QED) is 0.810. The van der Waals surface area contributed by atoms with E-state index in [1.165, 1.54) is 12.1 Å². The summed E-state index contributed by atoms with van der Waals surface area (Å²) in [5.74, 6) is -0.453. The first-order chi connectivity index (χ1) is 10.4. The number of thiophene rings is 1. The van der Waals surface area contributed by atoms with Gasteiger partial charge < -0.3 is 5.32 Å². The third kappa shape index (κ3) is 4.69. The van der Waals surface area contributed by atoms with Crippen LogP contribution in [0.25, 0.3) is 0 Å². The number of carbonyl (C=O) groups is 1. The first-order valence-corrected chi connectivity index (χ1v) is 9.19. The first kappa shape index (κ1) is 17.2. The molecular weight excluding hydrogens is 367 g/mol. The molecule has 0 fully saturated rings. The monoisotopic (exact) mass is 378 g/mol. The number of hydrogen-bond acceptors (Lipinski definition) is 4. The van der Waals surface area contributed by atoms with Gasteiger partial charge in [-0.3, -0.25) is 4.79 Å². The van der Waals surface area contributed by atoms with Crippen LogP contribution in [0, 0.1) is 0 Å². The van der Waals surface area contributed by atoms with Crippen molar-refractivity contribution in [2.45, 2.75) is 10.8 Å². The van der Waals surface area contributed by atoms with Crippen LogP contribution in [0.5, 0.6) is 0 Å². The van der Waals surface area contributed by atoms with Gasteiger partial charge in [-0.05, 0) is 23.8 Å². The topological polar surface area (TPSA) is 75.3 Å². The fourth-order valence-corrected chi connectivity index (χ4v) is 4.28. The molecule has 0 aliphatic carbocycles. The number of hydrogen-bond donors (Lipinski definition) is 2. The summed E-state index contributed by atoms with van der Waals surface area (Å²) in [7, 11) is -3.73. The van der Waals surface area contributed by atoms with Gasteiger partial charge in [0, 0.05) is 11.6 Å². The molecule has 0 aliphatic heterocycles. The van der Waals surface area contributed by atoms with Crippen LogP contribution in [0.2, 0.25) is 9.36 Å². The molecule has 118 valence electrons. The van der Waals surface area contributed by atoms with E-state index in [9.17, 15) is 13.2 Å². The second kappa shape index (κ2) is 7.43. The van der Waals surface area contributed by atoms with Gasteiger partial charge in [-0.1, -0.05) is 41.4 Å². The maximum atomic E-state index is 11.9. The molecule has 22 heavy (non-hydrogen) atoms. The van der Waals surface area contributed by atoms with Crippen LogP contribution in [0.15, 0.2) is 40.6 Å². The van der Waals surface area contributed by atoms with E-state index in [2.05, 4.69) is 10.0 Å². The lowest BCUT2D eigenvalue weighted by Gasteiger charge is -2.08. The van der Waals surface area contributed by atoms with Gasteiger partial charge in [0.15, 0.2) is 0 Å². The highest BCUT2D eigenvalue weighted by molar-refractivity contribution is 7.91. The van der Waals surface area contributed by atoms with Crippen LogP contribution < -0.4 is 10.0 Å². The zero-order valence-electron chi connectivity index (χ0n) is 11.2. The molecular formula is C13H12Cl2N2O3S2. The Morgan fingerprint density at radius 2 is 1.86 bits per heavy atom. The minimum Gasteiger partial charge on any atom is -0.351 e. The molecule has 5 nitrogen and oxygen atoms in total. The average molecular weight is 379 g/mol. The summed E-state index contributed by atoms with van der Waals surface area (Å²) in [6, 6.07) is 9.95. The number of sulfonamides is 1. The fraction of sp³-hybridized carbons (Fsp3) is 0.154. The van der Waals surface area contributed by atoms with E-state index in [1.54, 1.807) is 24.3 Å². The van der Waals surface area contributed by atoms with E-state index in [0.29, 0.717) is 9.36 Å². The molecule has 2 aromatic rings. The second-order valence-electron chi connectivity index (χ2n) is 4.25. The molecule has 0 aliphatic rings. The number of amides is 1. The summed E-state index contributed by atoms with van der Waals surface area (Å²) < 4.78 is 26.5. The van der Waals surface area contributed by atoms with Crippen LogP contribution in [0.1, 0.15) is 5.56 Å². The van der Waals surface area contributed by atoms with E-state index in [-0.39, 0.29) is 17.3 Å². The molecule has 2 rings (SSSR count). The van der Waals surface area contributed by atoms with Crippen molar-refractivity contribution in [2.75, 3.05) is 6.54 Å². The Morgan fingerprint density at radius 1 is 1.14 bits per heavy atom. The van der Waals surface area contributed by atoms with Gasteiger partial charge in [-0.15, -0.1) is 11.3 Å². The molecule has 1 amide bonds. The van der Waals surface area contributed by atoms with Crippen LogP contribution in [0.4, 0.5) is 0 Å². The Balaban J connectivity index is 1.87. The van der Waals surface area contributed by atoms with Gasteiger partial charge in [0.05, 0.1) is 10.9 Å². The van der Waals surface area contributed by atoms with E-state index in [1.807, 2.05) is 0 Å². The predicted molar refractivity (Wildman–Crippen MR) is 87.8 cm³/mol. The highest BCUT2D eigenvalue weighted by atomic mass is 35.5. The summed E-state index contributed by atoms with van der Waals surface area (Å²) >= 11 is 12.6. The lowest BCUT2D eigenvalue weighted by molar-refractivity contribution is -0.120. The molecule has 0 atom stereocenters. The number of rotatable bonds is 6. The van der Waals surface area contributed by atoms with Crippen LogP contribution in [0.3, 0.4) is 0 Å². The Hall–Kier alpha value is -1.12. The number of nitrogens with one attached hydrogen (secondary N) is 2. The fourth-order valence-electron chi connectivity index (χ4n) is 1.57. The number of halogens is 2. The van der Waals surface area contributed by atoms with Crippen LogP contribution in [-0.2, 0) is 21.4 Å². The van der Waals surface area contributed by atoms with E-state index >= 15 is 0 Å². The van der Waals surface area contributed by atoms with Gasteiger partial charge in [-0.25, -0.2) is 13.1 Å². The molecule has 0 unspecified atom stereocenters. The van der Waals surface area contributed by atoms with E-state index in [4.69, 9.17) is 23.2 Å². The molecule has 0 spiro atoms. The van der Waals surface area contributed by atoms with Crippen molar-refractivity contribution in [1.82, 2.24) is 10.0 Å². The van der Waals surface area contributed by atoms with Gasteiger partial charge in [0.1, 0.15) is 4.21 Å². The van der Waals surface area contributed by atoms with Crippen LogP contribution in [-0.4, -0.2) is 20.9 Å². The van der Waals surface area contributed by atoms with Gasteiger partial charge >= 0.3 is 0 Å². The van der Waals surface area contributed by atoms with Crippen molar-refractivity contribution in [3.63, 3.8) is 0 Å². The molecule has 0 saturated carbocycles. The van der Waals surface area contributed by atoms with Crippen molar-refractivity contribution < 1.29 is 13.2 Å². The normalized spacial score (nSPS) is 11.4. The Bertz CT molecular complexity index is 775. The van der Waals surface area contributed by atoms with Crippen molar-refractivity contribution in [3.8, 4) is 0 Å². The minimum absolute atomic E-state index is 0.0661. The van der Waals surface area contributed by atoms with Gasteiger partial charge in [0.2, 0.25) is 5.91 Å². The molecule has 9 heteroatoms. The third-order valence-corrected chi connectivity index (χ3v) is 6.16. The summed E-state index contributed by atoms with van der Waals surface area (Å²) in [5.41, 5.74) is 0.755. The van der Waals surface area contributed by atoms with Crippen molar-refractivity contribution >= 4 is 50.5 Å². The Kier molecular flexibility index (Phi) is 5.82. The highest BCUT2D eigenvalue weighted by Crippen LogP contribution is 2.25. The smallest absolute Gasteiger partial charge is 0.250 e. The maximum Gasteiger partial charge on any atom is 0.250 e. The largest absolute Gasteiger partial charge is 0.351 e. The zero-order chi connectivity index (χ0) is 16.2. The van der Waals surface area contributed by atoms with Crippen molar-refractivity contribution in [2.24, 2.45) is 0 Å². The molecule has 1 aromatic carbocycles. The standard InChI is InChI=1S/C13H12Cl2N2O3S2/c14-10-4-2-1-3-9(10)7-16-12(18)8-17-22(19,20)13-6-5-11(15)21-13/h1-6,17H,7-8H2,(H,16,18). The second-order valence-corrected chi connectivity index (χ2v) is 8.37. The molecule has 0 bridgehead atoms.